The van der Waals surface area contributed by atoms with Crippen LogP contribution in [0.1, 0.15) is 20.8 Å². The highest BCUT2D eigenvalue weighted by atomic mass is 32.2. The summed E-state index contributed by atoms with van der Waals surface area (Å²) in [5.74, 6) is -0.612. The van der Waals surface area contributed by atoms with Crippen molar-refractivity contribution in [3.63, 3.8) is 0 Å². The zero-order valence-corrected chi connectivity index (χ0v) is 9.76. The Labute approximate surface area is 92.5 Å². The van der Waals surface area contributed by atoms with Crippen LogP contribution in [0.4, 0.5) is 0 Å². The maximum absolute atomic E-state index is 10.7. The van der Waals surface area contributed by atoms with Crippen molar-refractivity contribution in [1.29, 1.82) is 0 Å². The molecule has 1 atom stereocenters. The van der Waals surface area contributed by atoms with Crippen molar-refractivity contribution in [1.82, 2.24) is 0 Å². The van der Waals surface area contributed by atoms with E-state index in [1.165, 1.54) is 20.8 Å². The van der Waals surface area contributed by atoms with Gasteiger partial charge < -0.3 is 9.47 Å². The van der Waals surface area contributed by atoms with Gasteiger partial charge in [0.15, 0.2) is 5.12 Å². The average molecular weight is 234 g/mol. The van der Waals surface area contributed by atoms with Gasteiger partial charge in [0, 0.05) is 26.5 Å². The Morgan fingerprint density at radius 3 is 2.13 bits per heavy atom. The third-order valence-corrected chi connectivity index (χ3v) is 2.22. The molecule has 0 amide bonds. The molecular formula is C9H14O5S. The van der Waals surface area contributed by atoms with Crippen LogP contribution in [0.15, 0.2) is 0 Å². The van der Waals surface area contributed by atoms with Gasteiger partial charge in [0.25, 0.3) is 0 Å². The van der Waals surface area contributed by atoms with Gasteiger partial charge in [-0.3, -0.25) is 14.4 Å². The molecule has 0 aliphatic heterocycles. The van der Waals surface area contributed by atoms with Crippen LogP contribution in [0, 0.1) is 0 Å². The van der Waals surface area contributed by atoms with Crippen molar-refractivity contribution in [2.24, 2.45) is 0 Å². The lowest BCUT2D eigenvalue weighted by Crippen LogP contribution is -2.26. The Balaban J connectivity index is 3.99. The summed E-state index contributed by atoms with van der Waals surface area (Å²) in [7, 11) is 0. The van der Waals surface area contributed by atoms with Crippen molar-refractivity contribution in [3.05, 3.63) is 0 Å². The lowest BCUT2D eigenvalue weighted by molar-refractivity contribution is -0.154. The SMILES string of the molecule is CC(=O)OCC(CSC(C)=O)OC(C)=O. The quantitative estimate of drug-likeness (QED) is 0.654. The van der Waals surface area contributed by atoms with E-state index in [-0.39, 0.29) is 11.7 Å². The summed E-state index contributed by atoms with van der Waals surface area (Å²) in [6.45, 7) is 3.93. The van der Waals surface area contributed by atoms with Gasteiger partial charge in [-0.2, -0.15) is 0 Å². The zero-order chi connectivity index (χ0) is 11.8. The number of thioether (sulfide) groups is 1. The van der Waals surface area contributed by atoms with Crippen molar-refractivity contribution in [3.8, 4) is 0 Å². The van der Waals surface area contributed by atoms with Crippen LogP contribution in [0.5, 0.6) is 0 Å². The normalized spacial score (nSPS) is 11.7. The molecule has 6 heteroatoms. The molecule has 0 aliphatic carbocycles. The summed E-state index contributed by atoms with van der Waals surface area (Å²) in [6, 6.07) is 0. The van der Waals surface area contributed by atoms with Gasteiger partial charge >= 0.3 is 11.9 Å². The largest absolute Gasteiger partial charge is 0.462 e. The minimum atomic E-state index is -0.569. The Hall–Kier alpha value is -1.04. The highest BCUT2D eigenvalue weighted by molar-refractivity contribution is 8.13. The molecule has 0 N–H and O–H groups in total. The fourth-order valence-electron chi connectivity index (χ4n) is 0.771. The smallest absolute Gasteiger partial charge is 0.303 e. The van der Waals surface area contributed by atoms with Crippen molar-refractivity contribution >= 4 is 28.8 Å². The second-order valence-electron chi connectivity index (χ2n) is 2.84. The summed E-state index contributed by atoms with van der Waals surface area (Å²) < 4.78 is 9.56. The fourth-order valence-corrected chi connectivity index (χ4v) is 1.36. The molecule has 15 heavy (non-hydrogen) atoms. The Morgan fingerprint density at radius 1 is 1.13 bits per heavy atom. The minimum absolute atomic E-state index is 0.0187. The molecule has 86 valence electrons. The van der Waals surface area contributed by atoms with Gasteiger partial charge in [-0.05, 0) is 0 Å². The number of carbonyl (C=O) groups is 3. The van der Waals surface area contributed by atoms with E-state index in [1.54, 1.807) is 0 Å². The molecule has 0 rings (SSSR count). The highest BCUT2D eigenvalue weighted by Crippen LogP contribution is 2.07. The predicted molar refractivity (Wildman–Crippen MR) is 55.3 cm³/mol. The van der Waals surface area contributed by atoms with Crippen LogP contribution in [0.25, 0.3) is 0 Å². The maximum atomic E-state index is 10.7. The molecule has 0 aliphatic rings. The summed E-state index contributed by atoms with van der Waals surface area (Å²) in [5, 5.41) is -0.0741. The number of hydrogen-bond acceptors (Lipinski definition) is 6. The number of hydrogen-bond donors (Lipinski definition) is 0. The van der Waals surface area contributed by atoms with Crippen LogP contribution < -0.4 is 0 Å². The molecule has 0 aromatic rings. The average Bonchev–Trinajstić information content (AvgIpc) is 2.08. The molecule has 0 heterocycles. The number of ether oxygens (including phenoxy) is 2. The molecule has 0 spiro atoms. The molecule has 0 radical (unpaired) electrons. The fraction of sp³-hybridized carbons (Fsp3) is 0.667. The first-order chi connectivity index (χ1) is 6.91. The van der Waals surface area contributed by atoms with Crippen LogP contribution >= 0.6 is 11.8 Å². The van der Waals surface area contributed by atoms with Crippen LogP contribution in [-0.4, -0.2) is 35.5 Å². The second kappa shape index (κ2) is 7.28. The second-order valence-corrected chi connectivity index (χ2v) is 4.03. The molecule has 0 fully saturated rings. The maximum Gasteiger partial charge on any atom is 0.303 e. The first kappa shape index (κ1) is 14.0. The summed E-state index contributed by atoms with van der Waals surface area (Å²) in [4.78, 5) is 31.9. The zero-order valence-electron chi connectivity index (χ0n) is 8.94. The van der Waals surface area contributed by atoms with Gasteiger partial charge in [0.2, 0.25) is 0 Å². The molecule has 0 aromatic carbocycles. The third kappa shape index (κ3) is 9.27. The molecule has 0 bridgehead atoms. The van der Waals surface area contributed by atoms with E-state index < -0.39 is 18.0 Å². The molecule has 0 saturated heterocycles. The highest BCUT2D eigenvalue weighted by Gasteiger charge is 2.15. The predicted octanol–water partition coefficient (Wildman–Crippen LogP) is 0.761. The number of carbonyl (C=O) groups excluding carboxylic acids is 3. The first-order valence-corrected chi connectivity index (χ1v) is 5.34. The van der Waals surface area contributed by atoms with Crippen molar-refractivity contribution < 1.29 is 23.9 Å². The van der Waals surface area contributed by atoms with Gasteiger partial charge in [-0.1, -0.05) is 11.8 Å². The van der Waals surface area contributed by atoms with Gasteiger partial charge in [0.05, 0.1) is 0 Å². The topological polar surface area (TPSA) is 69.7 Å². The monoisotopic (exact) mass is 234 g/mol. The van der Waals surface area contributed by atoms with Crippen LogP contribution in [0.3, 0.4) is 0 Å². The minimum Gasteiger partial charge on any atom is -0.462 e. The lowest BCUT2D eigenvalue weighted by atomic mass is 10.4. The first-order valence-electron chi connectivity index (χ1n) is 4.35. The Kier molecular flexibility index (Phi) is 6.77. The standard InChI is InChI=1S/C9H14O5S/c1-6(10)13-4-9(14-7(2)11)5-15-8(3)12/h9H,4-5H2,1-3H3. The van der Waals surface area contributed by atoms with E-state index in [2.05, 4.69) is 0 Å². The van der Waals surface area contributed by atoms with E-state index >= 15 is 0 Å². The van der Waals surface area contributed by atoms with E-state index in [1.807, 2.05) is 0 Å². The molecule has 1 unspecified atom stereocenters. The van der Waals surface area contributed by atoms with E-state index in [0.717, 1.165) is 11.8 Å². The van der Waals surface area contributed by atoms with Gasteiger partial charge in [0.1, 0.15) is 12.7 Å². The van der Waals surface area contributed by atoms with Gasteiger partial charge in [-0.15, -0.1) is 0 Å². The Bertz CT molecular complexity index is 233. The third-order valence-electron chi connectivity index (χ3n) is 1.28. The van der Waals surface area contributed by atoms with Crippen LogP contribution in [-0.2, 0) is 23.9 Å². The van der Waals surface area contributed by atoms with Gasteiger partial charge in [-0.25, -0.2) is 0 Å². The van der Waals surface area contributed by atoms with E-state index in [0.29, 0.717) is 5.75 Å². The molecule has 0 aromatic heterocycles. The number of rotatable bonds is 5. The van der Waals surface area contributed by atoms with Crippen LogP contribution in [0.2, 0.25) is 0 Å². The lowest BCUT2D eigenvalue weighted by Gasteiger charge is -2.15. The summed E-state index contributed by atoms with van der Waals surface area (Å²) >= 11 is 1.03. The van der Waals surface area contributed by atoms with E-state index in [9.17, 15) is 14.4 Å². The Morgan fingerprint density at radius 2 is 1.73 bits per heavy atom. The molecule has 5 nitrogen and oxygen atoms in total. The number of esters is 2. The molecular weight excluding hydrogens is 220 g/mol. The van der Waals surface area contributed by atoms with Crippen molar-refractivity contribution in [2.45, 2.75) is 26.9 Å². The summed E-state index contributed by atoms with van der Waals surface area (Å²) in [6.07, 6.45) is -0.569. The summed E-state index contributed by atoms with van der Waals surface area (Å²) in [5.41, 5.74) is 0. The van der Waals surface area contributed by atoms with E-state index in [4.69, 9.17) is 9.47 Å². The van der Waals surface area contributed by atoms with Crippen molar-refractivity contribution in [2.75, 3.05) is 12.4 Å². The molecule has 0 saturated carbocycles.